The van der Waals surface area contributed by atoms with E-state index < -0.39 is 0 Å². The maximum absolute atomic E-state index is 13.7. The van der Waals surface area contributed by atoms with Gasteiger partial charge in [0.05, 0.1) is 0 Å². The molecule has 1 aliphatic carbocycles. The van der Waals surface area contributed by atoms with Gasteiger partial charge in [0.2, 0.25) is 5.91 Å². The molecule has 1 heterocycles. The number of benzene rings is 1. The van der Waals surface area contributed by atoms with Crippen LogP contribution >= 0.6 is 0 Å². The molecule has 4 heteroatoms. The summed E-state index contributed by atoms with van der Waals surface area (Å²) in [5.41, 5.74) is 0.849. The van der Waals surface area contributed by atoms with Gasteiger partial charge in [0.25, 0.3) is 0 Å². The molecule has 3 rings (SSSR count). The van der Waals surface area contributed by atoms with Gasteiger partial charge in [0.15, 0.2) is 0 Å². The number of carbonyl (C=O) groups excluding carboxylic acids is 1. The van der Waals surface area contributed by atoms with Crippen LogP contribution in [0.1, 0.15) is 37.2 Å². The topological polar surface area (TPSA) is 32.3 Å². The molecule has 1 saturated carbocycles. The Labute approximate surface area is 119 Å². The number of likely N-dealkylation sites (N-methyl/N-ethyl adjacent to an activating group) is 1. The van der Waals surface area contributed by atoms with Gasteiger partial charge in [0.1, 0.15) is 5.82 Å². The molecule has 1 N–H and O–H groups in total. The van der Waals surface area contributed by atoms with Gasteiger partial charge in [-0.3, -0.25) is 4.79 Å². The fourth-order valence-electron chi connectivity index (χ4n) is 3.30. The molecule has 2 aliphatic rings. The second-order valence-electron chi connectivity index (χ2n) is 6.06. The molecule has 2 fully saturated rings. The van der Waals surface area contributed by atoms with E-state index in [1.54, 1.807) is 11.0 Å². The van der Waals surface area contributed by atoms with E-state index in [1.165, 1.54) is 6.07 Å². The van der Waals surface area contributed by atoms with Crippen LogP contribution in [0.5, 0.6) is 0 Å². The minimum atomic E-state index is -0.0843. The number of carbonyl (C=O) groups is 1. The van der Waals surface area contributed by atoms with Crippen molar-refractivity contribution in [2.45, 2.75) is 43.7 Å². The van der Waals surface area contributed by atoms with Crippen LogP contribution in [0.3, 0.4) is 0 Å². The summed E-state index contributed by atoms with van der Waals surface area (Å²) in [4.78, 5) is 13.2. The van der Waals surface area contributed by atoms with Crippen molar-refractivity contribution in [2.24, 2.45) is 0 Å². The van der Waals surface area contributed by atoms with Crippen LogP contribution in [0.15, 0.2) is 24.3 Å². The molecule has 1 amide bonds. The minimum Gasteiger partial charge on any atom is -0.344 e. The summed E-state index contributed by atoms with van der Waals surface area (Å²) < 4.78 is 13.7. The molecule has 1 saturated heterocycles. The van der Waals surface area contributed by atoms with Crippen molar-refractivity contribution in [3.63, 3.8) is 0 Å². The van der Waals surface area contributed by atoms with Gasteiger partial charge < -0.3 is 10.2 Å². The fraction of sp³-hybridized carbons (Fsp3) is 0.562. The van der Waals surface area contributed by atoms with Crippen LogP contribution in [0.2, 0.25) is 0 Å². The van der Waals surface area contributed by atoms with Crippen LogP contribution in [0.4, 0.5) is 4.39 Å². The summed E-state index contributed by atoms with van der Waals surface area (Å²) in [5, 5.41) is 3.61. The number of piperidine rings is 1. The Morgan fingerprint density at radius 3 is 2.70 bits per heavy atom. The van der Waals surface area contributed by atoms with Crippen molar-refractivity contribution in [1.29, 1.82) is 0 Å². The normalized spacial score (nSPS) is 30.2. The number of likely N-dealkylation sites (tertiary alicyclic amines) is 1. The molecule has 0 spiro atoms. The van der Waals surface area contributed by atoms with E-state index in [-0.39, 0.29) is 11.7 Å². The first-order chi connectivity index (χ1) is 9.63. The lowest BCUT2D eigenvalue weighted by molar-refractivity contribution is -0.132. The lowest BCUT2D eigenvalue weighted by Crippen LogP contribution is -2.52. The highest BCUT2D eigenvalue weighted by molar-refractivity contribution is 5.76. The second kappa shape index (κ2) is 5.52. The molecule has 20 heavy (non-hydrogen) atoms. The number of nitrogens with zero attached hydrogens (tertiary/aromatic N) is 1. The van der Waals surface area contributed by atoms with E-state index in [0.29, 0.717) is 24.4 Å². The second-order valence-corrected chi connectivity index (χ2v) is 6.06. The molecule has 1 aromatic carbocycles. The highest BCUT2D eigenvalue weighted by Crippen LogP contribution is 2.38. The van der Waals surface area contributed by atoms with Crippen LogP contribution in [0, 0.1) is 5.82 Å². The first-order valence-corrected chi connectivity index (χ1v) is 7.38. The third kappa shape index (κ3) is 2.70. The molecular formula is C16H21FN2O. The summed E-state index contributed by atoms with van der Waals surface area (Å²) in [5.74, 6) is 0.497. The number of hydrogen-bond donors (Lipinski definition) is 1. The van der Waals surface area contributed by atoms with Crippen molar-refractivity contribution in [2.75, 3.05) is 13.6 Å². The zero-order valence-electron chi connectivity index (χ0n) is 11.8. The molecular weight excluding hydrogens is 255 g/mol. The van der Waals surface area contributed by atoms with Gasteiger partial charge in [0, 0.05) is 32.1 Å². The predicted octanol–water partition coefficient (Wildman–Crippen LogP) is 2.28. The Morgan fingerprint density at radius 2 is 2.00 bits per heavy atom. The van der Waals surface area contributed by atoms with Crippen LogP contribution in [-0.4, -0.2) is 36.5 Å². The highest BCUT2D eigenvalue weighted by Gasteiger charge is 2.34. The number of amides is 1. The molecule has 1 aliphatic heterocycles. The van der Waals surface area contributed by atoms with Gasteiger partial charge in [-0.15, -0.1) is 0 Å². The summed E-state index contributed by atoms with van der Waals surface area (Å²) >= 11 is 0. The van der Waals surface area contributed by atoms with Crippen molar-refractivity contribution >= 4 is 5.91 Å². The Morgan fingerprint density at radius 1 is 1.25 bits per heavy atom. The molecule has 3 nitrogen and oxygen atoms in total. The summed E-state index contributed by atoms with van der Waals surface area (Å²) in [6.45, 7) is 0.791. The number of nitrogens with one attached hydrogen (secondary N) is 1. The number of hydrogen-bond acceptors (Lipinski definition) is 2. The molecule has 1 atom stereocenters. The molecule has 0 aromatic heterocycles. The lowest BCUT2D eigenvalue weighted by Gasteiger charge is -2.41. The molecule has 0 bridgehead atoms. The van der Waals surface area contributed by atoms with E-state index >= 15 is 0 Å². The van der Waals surface area contributed by atoms with E-state index in [9.17, 15) is 9.18 Å². The van der Waals surface area contributed by atoms with Crippen LogP contribution in [-0.2, 0) is 4.79 Å². The van der Waals surface area contributed by atoms with Crippen molar-refractivity contribution < 1.29 is 9.18 Å². The van der Waals surface area contributed by atoms with Gasteiger partial charge in [-0.25, -0.2) is 4.39 Å². The van der Waals surface area contributed by atoms with E-state index in [2.05, 4.69) is 5.32 Å². The predicted molar refractivity (Wildman–Crippen MR) is 76.0 cm³/mol. The first kappa shape index (κ1) is 13.6. The largest absolute Gasteiger partial charge is 0.344 e. The van der Waals surface area contributed by atoms with E-state index in [1.807, 2.05) is 19.2 Å². The van der Waals surface area contributed by atoms with E-state index in [0.717, 1.165) is 31.4 Å². The summed E-state index contributed by atoms with van der Waals surface area (Å²) in [7, 11) is 1.86. The molecule has 1 aromatic rings. The third-order valence-corrected chi connectivity index (χ3v) is 4.58. The van der Waals surface area contributed by atoms with Crippen LogP contribution < -0.4 is 5.32 Å². The van der Waals surface area contributed by atoms with Gasteiger partial charge in [-0.05, 0) is 36.8 Å². The van der Waals surface area contributed by atoms with Crippen molar-refractivity contribution in [3.05, 3.63) is 35.6 Å². The standard InChI is InChI=1S/C16H21FN2O/c1-19-10-12(6-7-16(19)20)18-13-8-11(9-13)14-4-2-3-5-15(14)17/h2-5,11-13,18H,6-10H2,1H3. The summed E-state index contributed by atoms with van der Waals surface area (Å²) in [6.07, 6.45) is 3.55. The minimum absolute atomic E-state index is 0.0843. The average Bonchev–Trinajstić information content (AvgIpc) is 2.39. The number of halogens is 1. The summed E-state index contributed by atoms with van der Waals surface area (Å²) in [6, 6.07) is 7.93. The fourth-order valence-corrected chi connectivity index (χ4v) is 3.30. The van der Waals surface area contributed by atoms with Gasteiger partial charge >= 0.3 is 0 Å². The average molecular weight is 276 g/mol. The monoisotopic (exact) mass is 276 g/mol. The SMILES string of the molecule is CN1CC(NC2CC(c3ccccc3F)C2)CCC1=O. The Balaban J connectivity index is 1.49. The highest BCUT2D eigenvalue weighted by atomic mass is 19.1. The maximum Gasteiger partial charge on any atom is 0.222 e. The molecule has 1 unspecified atom stereocenters. The van der Waals surface area contributed by atoms with Gasteiger partial charge in [-0.2, -0.15) is 0 Å². The molecule has 0 radical (unpaired) electrons. The maximum atomic E-state index is 13.7. The Hall–Kier alpha value is -1.42. The third-order valence-electron chi connectivity index (χ3n) is 4.58. The van der Waals surface area contributed by atoms with Crippen molar-refractivity contribution in [1.82, 2.24) is 10.2 Å². The van der Waals surface area contributed by atoms with Crippen LogP contribution in [0.25, 0.3) is 0 Å². The van der Waals surface area contributed by atoms with E-state index in [4.69, 9.17) is 0 Å². The first-order valence-electron chi connectivity index (χ1n) is 7.38. The molecule has 108 valence electrons. The van der Waals surface area contributed by atoms with Gasteiger partial charge in [-0.1, -0.05) is 18.2 Å². The smallest absolute Gasteiger partial charge is 0.222 e. The Bertz CT molecular complexity index is 499. The number of rotatable bonds is 3. The van der Waals surface area contributed by atoms with Crippen molar-refractivity contribution in [3.8, 4) is 0 Å². The zero-order valence-corrected chi connectivity index (χ0v) is 11.8. The Kier molecular flexibility index (Phi) is 3.74. The lowest BCUT2D eigenvalue weighted by atomic mass is 9.75. The quantitative estimate of drug-likeness (QED) is 0.918. The zero-order chi connectivity index (χ0) is 14.1.